The molecule has 0 aliphatic carbocycles. The molecular formula is C12H13F6NO2. The fraction of sp³-hybridized carbons (Fsp3) is 0.500. The first kappa shape index (κ1) is 17.6. The normalized spacial score (nSPS) is 13.3. The smallest absolute Gasteiger partial charge is 0.375 e. The van der Waals surface area contributed by atoms with E-state index in [1.807, 2.05) is 5.48 Å². The first-order valence-electron chi connectivity index (χ1n) is 5.73. The molecule has 0 aliphatic heterocycles. The summed E-state index contributed by atoms with van der Waals surface area (Å²) >= 11 is 0. The van der Waals surface area contributed by atoms with Gasteiger partial charge in [-0.05, 0) is 17.7 Å². The summed E-state index contributed by atoms with van der Waals surface area (Å²) in [6.45, 7) is -2.09. The van der Waals surface area contributed by atoms with Crippen LogP contribution in [-0.4, -0.2) is 29.6 Å². The summed E-state index contributed by atoms with van der Waals surface area (Å²) in [4.78, 5) is 0. The maximum absolute atomic E-state index is 13.2. The zero-order valence-corrected chi connectivity index (χ0v) is 10.8. The minimum atomic E-state index is -5.53. The Morgan fingerprint density at radius 2 is 1.57 bits per heavy atom. The van der Waals surface area contributed by atoms with Crippen molar-refractivity contribution >= 4 is 0 Å². The highest BCUT2D eigenvalue weighted by atomic mass is 19.3. The highest BCUT2D eigenvalue weighted by molar-refractivity contribution is 5.27. The molecule has 1 aromatic carbocycles. The van der Waals surface area contributed by atoms with Crippen molar-refractivity contribution < 1.29 is 36.3 Å². The summed E-state index contributed by atoms with van der Waals surface area (Å²) in [5, 5.41) is 8.43. The molecule has 0 heterocycles. The molecule has 0 spiro atoms. The van der Waals surface area contributed by atoms with Crippen molar-refractivity contribution in [2.24, 2.45) is 0 Å². The van der Waals surface area contributed by atoms with E-state index in [9.17, 15) is 26.3 Å². The molecule has 1 aromatic rings. The van der Waals surface area contributed by atoms with Crippen LogP contribution >= 0.6 is 0 Å². The summed E-state index contributed by atoms with van der Waals surface area (Å²) in [6.07, 6.45) is 0. The molecule has 2 N–H and O–H groups in total. The summed E-state index contributed by atoms with van der Waals surface area (Å²) in [5.41, 5.74) is 2.42. The molecule has 0 atom stereocenters. The van der Waals surface area contributed by atoms with Crippen LogP contribution < -0.4 is 10.2 Å². The van der Waals surface area contributed by atoms with Crippen molar-refractivity contribution in [3.63, 3.8) is 0 Å². The van der Waals surface area contributed by atoms with Crippen LogP contribution in [0.1, 0.15) is 12.5 Å². The summed E-state index contributed by atoms with van der Waals surface area (Å²) in [7, 11) is 0. The van der Waals surface area contributed by atoms with E-state index >= 15 is 0 Å². The van der Waals surface area contributed by atoms with Gasteiger partial charge in [0, 0.05) is 13.5 Å². The van der Waals surface area contributed by atoms with Gasteiger partial charge >= 0.3 is 17.8 Å². The van der Waals surface area contributed by atoms with E-state index in [2.05, 4.69) is 4.74 Å². The zero-order chi connectivity index (χ0) is 16.3. The fourth-order valence-electron chi connectivity index (χ4n) is 1.38. The number of hydrogen-bond acceptors (Lipinski definition) is 3. The third-order valence-electron chi connectivity index (χ3n) is 2.64. The van der Waals surface area contributed by atoms with E-state index in [1.165, 1.54) is 24.3 Å². The maximum Gasteiger partial charge on any atom is 0.375 e. The van der Waals surface area contributed by atoms with Crippen LogP contribution in [0.2, 0.25) is 0 Å². The highest BCUT2D eigenvalue weighted by Crippen LogP contribution is 2.45. The highest BCUT2D eigenvalue weighted by Gasteiger charge is 2.69. The van der Waals surface area contributed by atoms with Crippen LogP contribution in [0.3, 0.4) is 0 Å². The molecule has 21 heavy (non-hydrogen) atoms. The molecular weight excluding hydrogens is 304 g/mol. The van der Waals surface area contributed by atoms with E-state index in [0.717, 1.165) is 0 Å². The second-order valence-electron chi connectivity index (χ2n) is 4.43. The van der Waals surface area contributed by atoms with Crippen molar-refractivity contribution in [2.45, 2.75) is 31.2 Å². The van der Waals surface area contributed by atoms with Crippen molar-refractivity contribution in [3.8, 4) is 5.75 Å². The van der Waals surface area contributed by atoms with Gasteiger partial charge in [0.25, 0.3) is 0 Å². The Morgan fingerprint density at radius 3 is 2.00 bits per heavy atom. The van der Waals surface area contributed by atoms with Crippen molar-refractivity contribution in [1.82, 2.24) is 5.48 Å². The molecule has 0 fully saturated rings. The molecule has 9 heteroatoms. The predicted octanol–water partition coefficient (Wildman–Crippen LogP) is 3.47. The van der Waals surface area contributed by atoms with Crippen LogP contribution in [0.25, 0.3) is 0 Å². The molecule has 1 rings (SSSR count). The molecule has 0 saturated carbocycles. The summed E-state index contributed by atoms with van der Waals surface area (Å²) in [6, 6.07) is 5.13. The number of hydrogen-bond donors (Lipinski definition) is 2. The molecule has 0 radical (unpaired) electrons. The van der Waals surface area contributed by atoms with Crippen LogP contribution in [0.5, 0.6) is 5.75 Å². The van der Waals surface area contributed by atoms with Crippen molar-refractivity contribution in [1.29, 1.82) is 0 Å². The molecule has 0 bridgehead atoms. The number of halogens is 6. The Kier molecular flexibility index (Phi) is 5.11. The van der Waals surface area contributed by atoms with Crippen molar-refractivity contribution in [3.05, 3.63) is 29.8 Å². The third kappa shape index (κ3) is 4.01. The van der Waals surface area contributed by atoms with Crippen molar-refractivity contribution in [2.75, 3.05) is 6.61 Å². The number of ether oxygens (including phenoxy) is 1. The van der Waals surface area contributed by atoms with Crippen LogP contribution in [0.15, 0.2) is 24.3 Å². The summed E-state index contributed by atoms with van der Waals surface area (Å²) < 4.78 is 81.8. The number of alkyl halides is 6. The third-order valence-corrected chi connectivity index (χ3v) is 2.64. The molecule has 3 nitrogen and oxygen atoms in total. The number of benzene rings is 1. The lowest BCUT2D eigenvalue weighted by Crippen LogP contribution is -2.55. The monoisotopic (exact) mass is 317 g/mol. The number of nitrogens with one attached hydrogen (secondary N) is 1. The molecule has 0 unspecified atom stereocenters. The van der Waals surface area contributed by atoms with Crippen LogP contribution in [-0.2, 0) is 6.54 Å². The van der Waals surface area contributed by atoms with Gasteiger partial charge in [-0.25, -0.2) is 5.48 Å². The van der Waals surface area contributed by atoms with Gasteiger partial charge in [0.1, 0.15) is 5.75 Å². The molecule has 0 aromatic heterocycles. The van der Waals surface area contributed by atoms with Gasteiger partial charge in [-0.3, -0.25) is 0 Å². The zero-order valence-electron chi connectivity index (χ0n) is 10.8. The molecule has 0 amide bonds. The SMILES string of the molecule is CC(F)(F)C(F)(F)C(F)(F)COc1ccc(CNO)cc1. The molecule has 120 valence electrons. The van der Waals surface area contributed by atoms with E-state index in [-0.39, 0.29) is 19.2 Å². The first-order chi connectivity index (χ1) is 9.51. The van der Waals surface area contributed by atoms with Gasteiger partial charge in [-0.1, -0.05) is 12.1 Å². The predicted molar refractivity (Wildman–Crippen MR) is 61.1 cm³/mol. The number of hydroxylamine groups is 1. The fourth-order valence-corrected chi connectivity index (χ4v) is 1.38. The Labute approximate surface area is 116 Å². The van der Waals surface area contributed by atoms with E-state index in [4.69, 9.17) is 5.21 Å². The lowest BCUT2D eigenvalue weighted by molar-refractivity contribution is -0.308. The molecule has 0 aliphatic rings. The van der Waals surface area contributed by atoms with Gasteiger partial charge in [0.05, 0.1) is 0 Å². The van der Waals surface area contributed by atoms with Gasteiger partial charge in [-0.2, -0.15) is 26.3 Å². The average molecular weight is 317 g/mol. The quantitative estimate of drug-likeness (QED) is 0.598. The van der Waals surface area contributed by atoms with Gasteiger partial charge < -0.3 is 9.94 Å². The first-order valence-corrected chi connectivity index (χ1v) is 5.73. The number of rotatable bonds is 7. The van der Waals surface area contributed by atoms with Crippen LogP contribution in [0.4, 0.5) is 26.3 Å². The molecule has 0 saturated heterocycles. The van der Waals surface area contributed by atoms with Gasteiger partial charge in [-0.15, -0.1) is 0 Å². The Hall–Kier alpha value is -1.48. The van der Waals surface area contributed by atoms with E-state index < -0.39 is 24.4 Å². The lowest BCUT2D eigenvalue weighted by Gasteiger charge is -2.30. The lowest BCUT2D eigenvalue weighted by atomic mass is 10.1. The largest absolute Gasteiger partial charge is 0.487 e. The topological polar surface area (TPSA) is 41.5 Å². The second kappa shape index (κ2) is 6.10. The Bertz CT molecular complexity index is 458. The van der Waals surface area contributed by atoms with Gasteiger partial charge in [0.15, 0.2) is 6.61 Å². The van der Waals surface area contributed by atoms with E-state index in [1.54, 1.807) is 0 Å². The van der Waals surface area contributed by atoms with Crippen LogP contribution in [0, 0.1) is 0 Å². The maximum atomic E-state index is 13.2. The Balaban J connectivity index is 2.73. The standard InChI is InChI=1S/C12H13F6NO2/c1-10(13,14)12(17,18)11(15,16)7-21-9-4-2-8(3-5-9)6-19-20/h2-5,19-20H,6-7H2,1H3. The van der Waals surface area contributed by atoms with Gasteiger partial charge in [0.2, 0.25) is 0 Å². The summed E-state index contributed by atoms with van der Waals surface area (Å²) in [5.74, 6) is -15.6. The minimum Gasteiger partial charge on any atom is -0.487 e. The Morgan fingerprint density at radius 1 is 1.05 bits per heavy atom. The minimum absolute atomic E-state index is 0.0799. The average Bonchev–Trinajstić information content (AvgIpc) is 2.37. The van der Waals surface area contributed by atoms with E-state index in [0.29, 0.717) is 5.56 Å². The second-order valence-corrected chi connectivity index (χ2v) is 4.43.